The van der Waals surface area contributed by atoms with E-state index >= 15 is 0 Å². The van der Waals surface area contributed by atoms with Crippen LogP contribution < -0.4 is 0 Å². The molecule has 2 aromatic carbocycles. The Balaban J connectivity index is 1.69. The van der Waals surface area contributed by atoms with Crippen LogP contribution in [0.25, 0.3) is 0 Å². The maximum atomic E-state index is 13.6. The first kappa shape index (κ1) is 22.8. The second kappa shape index (κ2) is 10.0. The Morgan fingerprint density at radius 2 is 1.62 bits per heavy atom. The number of thiophene rings is 1. The molecule has 1 aliphatic heterocycles. The maximum Gasteiger partial charge on any atom is 0.352 e. The molecule has 0 radical (unpaired) electrons. The first-order chi connectivity index (χ1) is 15.5. The van der Waals surface area contributed by atoms with Gasteiger partial charge in [-0.1, -0.05) is 59.6 Å². The number of fused-ring (bicyclic) bond motifs is 1. The number of nitrogens with zero attached hydrogens (tertiary/aromatic N) is 1. The van der Waals surface area contributed by atoms with Gasteiger partial charge in [-0.15, -0.1) is 11.3 Å². The Morgan fingerprint density at radius 1 is 0.969 bits per heavy atom. The SMILES string of the molecule is COC(=O)C(OC(=O)C(c1ccccc1Cl)N1CCc2sccc2C1)c1ccccc1Cl. The Kier molecular flexibility index (Phi) is 7.16. The lowest BCUT2D eigenvalue weighted by molar-refractivity contribution is -0.170. The highest BCUT2D eigenvalue weighted by Gasteiger charge is 2.37. The van der Waals surface area contributed by atoms with E-state index in [9.17, 15) is 9.59 Å². The minimum absolute atomic E-state index is 0.311. The largest absolute Gasteiger partial charge is 0.466 e. The molecular formula is C24H21Cl2NO4S. The number of ether oxygens (including phenoxy) is 2. The van der Waals surface area contributed by atoms with Gasteiger partial charge in [0.25, 0.3) is 0 Å². The van der Waals surface area contributed by atoms with E-state index in [1.807, 2.05) is 17.0 Å². The van der Waals surface area contributed by atoms with Crippen molar-refractivity contribution in [1.29, 1.82) is 0 Å². The molecule has 2 atom stereocenters. The van der Waals surface area contributed by atoms with Crippen molar-refractivity contribution in [2.45, 2.75) is 25.1 Å². The minimum atomic E-state index is -1.28. The summed E-state index contributed by atoms with van der Waals surface area (Å²) >= 11 is 14.5. The third kappa shape index (κ3) is 4.69. The molecule has 0 saturated carbocycles. The number of halogens is 2. The summed E-state index contributed by atoms with van der Waals surface area (Å²) in [5, 5.41) is 2.82. The molecule has 0 aliphatic carbocycles. The van der Waals surface area contributed by atoms with Crippen molar-refractivity contribution in [3.63, 3.8) is 0 Å². The Morgan fingerprint density at radius 3 is 2.28 bits per heavy atom. The van der Waals surface area contributed by atoms with Crippen LogP contribution in [0.4, 0.5) is 0 Å². The number of hydrogen-bond acceptors (Lipinski definition) is 6. The zero-order valence-electron chi connectivity index (χ0n) is 17.3. The predicted molar refractivity (Wildman–Crippen MR) is 125 cm³/mol. The lowest BCUT2D eigenvalue weighted by Crippen LogP contribution is -2.39. The zero-order valence-corrected chi connectivity index (χ0v) is 19.6. The summed E-state index contributed by atoms with van der Waals surface area (Å²) < 4.78 is 10.7. The quantitative estimate of drug-likeness (QED) is 0.421. The third-order valence-corrected chi connectivity index (χ3v) is 7.17. The normalized spacial score (nSPS) is 15.5. The molecule has 166 valence electrons. The Bertz CT molecular complexity index is 1130. The zero-order chi connectivity index (χ0) is 22.7. The Labute approximate surface area is 200 Å². The number of methoxy groups -OCH3 is 1. The standard InChI is InChI=1S/C24H21Cl2NO4S/c1-30-24(29)22(17-7-3-5-9-19(17)26)31-23(28)21(16-6-2-4-8-18(16)25)27-12-10-20-15(14-27)11-13-32-20/h2-9,11,13,21-22H,10,12,14H2,1H3. The molecule has 5 nitrogen and oxygen atoms in total. The van der Waals surface area contributed by atoms with Crippen molar-refractivity contribution in [2.24, 2.45) is 0 Å². The van der Waals surface area contributed by atoms with Gasteiger partial charge in [0.15, 0.2) is 0 Å². The van der Waals surface area contributed by atoms with E-state index in [1.165, 1.54) is 17.6 Å². The van der Waals surface area contributed by atoms with Crippen LogP contribution in [0.2, 0.25) is 10.0 Å². The van der Waals surface area contributed by atoms with Crippen LogP contribution in [0, 0.1) is 0 Å². The number of carbonyl (C=O) groups excluding carboxylic acids is 2. The molecule has 3 aromatic rings. The van der Waals surface area contributed by atoms with Gasteiger partial charge in [-0.25, -0.2) is 9.59 Å². The third-order valence-electron chi connectivity index (χ3n) is 5.46. The molecule has 0 spiro atoms. The Hall–Kier alpha value is -2.38. The maximum absolute atomic E-state index is 13.6. The van der Waals surface area contributed by atoms with Gasteiger partial charge in [-0.3, -0.25) is 4.90 Å². The van der Waals surface area contributed by atoms with Crippen molar-refractivity contribution in [1.82, 2.24) is 4.90 Å². The molecule has 0 amide bonds. The second-order valence-electron chi connectivity index (χ2n) is 7.38. The number of rotatable bonds is 6. The molecular weight excluding hydrogens is 469 g/mol. The van der Waals surface area contributed by atoms with Gasteiger partial charge >= 0.3 is 11.9 Å². The van der Waals surface area contributed by atoms with Crippen molar-refractivity contribution in [2.75, 3.05) is 13.7 Å². The van der Waals surface area contributed by atoms with Gasteiger partial charge in [-0.2, -0.15) is 0 Å². The molecule has 0 bridgehead atoms. The summed E-state index contributed by atoms with van der Waals surface area (Å²) in [6.45, 7) is 1.24. The highest BCUT2D eigenvalue weighted by Crippen LogP contribution is 2.36. The van der Waals surface area contributed by atoms with Gasteiger partial charge in [0.2, 0.25) is 6.10 Å². The fourth-order valence-electron chi connectivity index (χ4n) is 3.87. The van der Waals surface area contributed by atoms with Crippen LogP contribution in [0.3, 0.4) is 0 Å². The van der Waals surface area contributed by atoms with Gasteiger partial charge in [0.05, 0.1) is 7.11 Å². The topological polar surface area (TPSA) is 55.8 Å². The summed E-state index contributed by atoms with van der Waals surface area (Å²) in [5.41, 5.74) is 2.17. The molecule has 2 unspecified atom stereocenters. The monoisotopic (exact) mass is 489 g/mol. The van der Waals surface area contributed by atoms with E-state index in [0.717, 1.165) is 6.42 Å². The smallest absolute Gasteiger partial charge is 0.352 e. The van der Waals surface area contributed by atoms with Gasteiger partial charge in [-0.05, 0) is 41.1 Å². The molecule has 2 heterocycles. The highest BCUT2D eigenvalue weighted by molar-refractivity contribution is 7.10. The van der Waals surface area contributed by atoms with Crippen LogP contribution in [-0.4, -0.2) is 30.5 Å². The van der Waals surface area contributed by atoms with Crippen LogP contribution in [0.15, 0.2) is 60.0 Å². The summed E-state index contributed by atoms with van der Waals surface area (Å²) in [6.07, 6.45) is -0.459. The number of benzene rings is 2. The molecule has 0 N–H and O–H groups in total. The van der Waals surface area contributed by atoms with Crippen LogP contribution >= 0.6 is 34.5 Å². The summed E-state index contributed by atoms with van der Waals surface area (Å²) in [7, 11) is 1.24. The van der Waals surface area contributed by atoms with E-state index in [-0.39, 0.29) is 0 Å². The lowest BCUT2D eigenvalue weighted by atomic mass is 10.0. The average molecular weight is 490 g/mol. The van der Waals surface area contributed by atoms with E-state index in [1.54, 1.807) is 47.7 Å². The fraction of sp³-hybridized carbons (Fsp3) is 0.250. The number of carbonyl (C=O) groups is 2. The minimum Gasteiger partial charge on any atom is -0.466 e. The van der Waals surface area contributed by atoms with E-state index < -0.39 is 24.1 Å². The number of esters is 2. The van der Waals surface area contributed by atoms with Crippen LogP contribution in [0.5, 0.6) is 0 Å². The van der Waals surface area contributed by atoms with Gasteiger partial charge < -0.3 is 9.47 Å². The molecule has 0 saturated heterocycles. The molecule has 1 aromatic heterocycles. The average Bonchev–Trinajstić information content (AvgIpc) is 3.27. The fourth-order valence-corrected chi connectivity index (χ4v) is 5.24. The van der Waals surface area contributed by atoms with Crippen LogP contribution in [-0.2, 0) is 32.0 Å². The van der Waals surface area contributed by atoms with Crippen LogP contribution in [0.1, 0.15) is 33.7 Å². The molecule has 8 heteroatoms. The van der Waals surface area contributed by atoms with E-state index in [0.29, 0.717) is 34.3 Å². The van der Waals surface area contributed by atoms with Crippen molar-refractivity contribution < 1.29 is 19.1 Å². The molecule has 1 aliphatic rings. The lowest BCUT2D eigenvalue weighted by Gasteiger charge is -2.34. The molecule has 32 heavy (non-hydrogen) atoms. The first-order valence-corrected chi connectivity index (χ1v) is 11.7. The summed E-state index contributed by atoms with van der Waals surface area (Å²) in [6, 6.07) is 15.2. The van der Waals surface area contributed by atoms with Gasteiger partial charge in [0, 0.05) is 33.6 Å². The van der Waals surface area contributed by atoms with Crippen molar-refractivity contribution >= 4 is 46.5 Å². The molecule has 4 rings (SSSR count). The van der Waals surface area contributed by atoms with Crippen molar-refractivity contribution in [3.8, 4) is 0 Å². The first-order valence-electron chi connectivity index (χ1n) is 10.1. The summed E-state index contributed by atoms with van der Waals surface area (Å²) in [5.74, 6) is -1.30. The van der Waals surface area contributed by atoms with E-state index in [4.69, 9.17) is 32.7 Å². The number of hydrogen-bond donors (Lipinski definition) is 0. The second-order valence-corrected chi connectivity index (χ2v) is 9.19. The van der Waals surface area contributed by atoms with E-state index in [2.05, 4.69) is 11.4 Å². The highest BCUT2D eigenvalue weighted by atomic mass is 35.5. The van der Waals surface area contributed by atoms with Gasteiger partial charge in [0.1, 0.15) is 6.04 Å². The molecule has 0 fully saturated rings. The summed E-state index contributed by atoms with van der Waals surface area (Å²) in [4.78, 5) is 29.5. The van der Waals surface area contributed by atoms with Crippen molar-refractivity contribution in [3.05, 3.63) is 91.6 Å². The predicted octanol–water partition coefficient (Wildman–Crippen LogP) is 5.61.